The summed E-state index contributed by atoms with van der Waals surface area (Å²) in [5.41, 5.74) is 0. The molecule has 100 valence electrons. The number of amides is 1. The molecule has 0 bridgehead atoms. The van der Waals surface area contributed by atoms with E-state index in [4.69, 9.17) is 0 Å². The fourth-order valence-electron chi connectivity index (χ4n) is 2.40. The summed E-state index contributed by atoms with van der Waals surface area (Å²) in [7, 11) is 0. The van der Waals surface area contributed by atoms with Crippen LogP contribution in [0.25, 0.3) is 0 Å². The van der Waals surface area contributed by atoms with Gasteiger partial charge in [-0.2, -0.15) is 0 Å². The Kier molecular flexibility index (Phi) is 4.07. The van der Waals surface area contributed by atoms with Crippen LogP contribution in [0.4, 0.5) is 0 Å². The van der Waals surface area contributed by atoms with Gasteiger partial charge in [0, 0.05) is 16.3 Å². The van der Waals surface area contributed by atoms with E-state index in [9.17, 15) is 4.79 Å². The molecule has 0 aliphatic carbocycles. The molecule has 2 atom stereocenters. The number of nitrogens with one attached hydrogen (secondary N) is 1. The molecule has 1 aliphatic rings. The van der Waals surface area contributed by atoms with Gasteiger partial charge in [-0.15, -0.1) is 11.3 Å². The van der Waals surface area contributed by atoms with E-state index < -0.39 is 0 Å². The Morgan fingerprint density at radius 2 is 2.17 bits per heavy atom. The molecule has 2 unspecified atom stereocenters. The fraction of sp³-hybridized carbons (Fsp3) is 0.643. The molecule has 2 heterocycles. The summed E-state index contributed by atoms with van der Waals surface area (Å²) in [6.07, 6.45) is 0.928. The molecule has 0 radical (unpaired) electrons. The van der Waals surface area contributed by atoms with Crippen LogP contribution in [0.15, 0.2) is 12.1 Å². The lowest BCUT2D eigenvalue weighted by Gasteiger charge is -2.25. The number of carbonyl (C=O) groups is 1. The lowest BCUT2D eigenvalue weighted by atomic mass is 10.2. The summed E-state index contributed by atoms with van der Waals surface area (Å²) in [5.74, 6) is 0.747. The molecule has 2 rings (SSSR count). The van der Waals surface area contributed by atoms with Gasteiger partial charge < -0.3 is 4.90 Å². The second-order valence-electron chi connectivity index (χ2n) is 5.36. The van der Waals surface area contributed by atoms with Gasteiger partial charge in [-0.05, 0) is 31.4 Å². The molecule has 1 aliphatic heterocycles. The third-order valence-electron chi connectivity index (χ3n) is 3.25. The van der Waals surface area contributed by atoms with E-state index in [2.05, 4.69) is 45.1 Å². The Morgan fingerprint density at radius 3 is 2.67 bits per heavy atom. The predicted octanol–water partition coefficient (Wildman–Crippen LogP) is 2.92. The van der Waals surface area contributed by atoms with Crippen LogP contribution in [0.1, 0.15) is 43.1 Å². The maximum Gasteiger partial charge on any atom is 0.241 e. The zero-order valence-corrected chi connectivity index (χ0v) is 12.4. The van der Waals surface area contributed by atoms with Crippen molar-refractivity contribution >= 4 is 17.2 Å². The summed E-state index contributed by atoms with van der Waals surface area (Å²) in [6, 6.07) is 4.24. The molecule has 3 nitrogen and oxygen atoms in total. The highest BCUT2D eigenvalue weighted by Gasteiger charge is 2.39. The Labute approximate surface area is 113 Å². The van der Waals surface area contributed by atoms with Gasteiger partial charge >= 0.3 is 0 Å². The second kappa shape index (κ2) is 5.41. The first-order chi connectivity index (χ1) is 8.52. The summed E-state index contributed by atoms with van der Waals surface area (Å²) in [5, 5.41) is 3.46. The first kappa shape index (κ1) is 13.6. The topological polar surface area (TPSA) is 32.3 Å². The number of aryl methyl sites for hydroxylation is 1. The summed E-state index contributed by atoms with van der Waals surface area (Å²) < 4.78 is 0. The maximum absolute atomic E-state index is 12.3. The molecule has 1 amide bonds. The van der Waals surface area contributed by atoms with Gasteiger partial charge in [-0.25, -0.2) is 0 Å². The molecule has 18 heavy (non-hydrogen) atoms. The van der Waals surface area contributed by atoms with Gasteiger partial charge in [0.05, 0.1) is 6.04 Å². The van der Waals surface area contributed by atoms with Crippen molar-refractivity contribution in [2.45, 2.75) is 46.3 Å². The number of nitrogens with zero attached hydrogens (tertiary/aromatic N) is 1. The van der Waals surface area contributed by atoms with E-state index in [1.807, 2.05) is 4.90 Å². The third kappa shape index (κ3) is 2.59. The number of carbonyl (C=O) groups excluding carboxylic acids is 1. The van der Waals surface area contributed by atoms with Crippen LogP contribution in [0.3, 0.4) is 0 Å². The Bertz CT molecular complexity index is 427. The molecule has 1 saturated heterocycles. The van der Waals surface area contributed by atoms with Crippen LogP contribution in [-0.2, 0) is 4.79 Å². The molecular formula is C14H22N2OS. The van der Waals surface area contributed by atoms with E-state index in [-0.39, 0.29) is 18.1 Å². The molecule has 1 aromatic heterocycles. The molecule has 1 N–H and O–H groups in total. The number of hydrogen-bond acceptors (Lipinski definition) is 3. The maximum atomic E-state index is 12.3. The van der Waals surface area contributed by atoms with E-state index in [1.165, 1.54) is 9.75 Å². The van der Waals surface area contributed by atoms with E-state index in [0.717, 1.165) is 13.0 Å². The number of thiophene rings is 1. The van der Waals surface area contributed by atoms with Gasteiger partial charge in [0.2, 0.25) is 5.91 Å². The van der Waals surface area contributed by atoms with E-state index in [1.54, 1.807) is 11.3 Å². The summed E-state index contributed by atoms with van der Waals surface area (Å²) >= 11 is 1.77. The summed E-state index contributed by atoms with van der Waals surface area (Å²) in [6.45, 7) is 9.30. The van der Waals surface area contributed by atoms with Crippen LogP contribution >= 0.6 is 11.3 Å². The quantitative estimate of drug-likeness (QED) is 0.909. The zero-order valence-electron chi connectivity index (χ0n) is 11.6. The lowest BCUT2D eigenvalue weighted by molar-refractivity contribution is -0.130. The van der Waals surface area contributed by atoms with Crippen LogP contribution in [0.2, 0.25) is 0 Å². The van der Waals surface area contributed by atoms with Gasteiger partial charge in [0.1, 0.15) is 6.17 Å². The normalized spacial score (nSPS) is 24.3. The monoisotopic (exact) mass is 266 g/mol. The van der Waals surface area contributed by atoms with E-state index in [0.29, 0.717) is 5.92 Å². The molecule has 4 heteroatoms. The average Bonchev–Trinajstić information content (AvgIpc) is 2.85. The van der Waals surface area contributed by atoms with Crippen molar-refractivity contribution in [1.29, 1.82) is 0 Å². The molecule has 0 spiro atoms. The van der Waals surface area contributed by atoms with Crippen molar-refractivity contribution in [3.05, 3.63) is 21.9 Å². The minimum absolute atomic E-state index is 0.0174. The smallest absolute Gasteiger partial charge is 0.241 e. The first-order valence-electron chi connectivity index (χ1n) is 6.65. The average molecular weight is 266 g/mol. The van der Waals surface area contributed by atoms with Gasteiger partial charge in [-0.3, -0.25) is 10.1 Å². The largest absolute Gasteiger partial charge is 0.320 e. The van der Waals surface area contributed by atoms with E-state index >= 15 is 0 Å². The minimum atomic E-state index is -0.0174. The number of rotatable bonds is 4. The molecule has 0 aromatic carbocycles. The van der Waals surface area contributed by atoms with Gasteiger partial charge in [-0.1, -0.05) is 20.8 Å². The van der Waals surface area contributed by atoms with Crippen LogP contribution in [0.5, 0.6) is 0 Å². The summed E-state index contributed by atoms with van der Waals surface area (Å²) in [4.78, 5) is 16.9. The van der Waals surface area contributed by atoms with Crippen LogP contribution in [0, 0.1) is 12.8 Å². The Balaban J connectivity index is 2.23. The SMILES string of the molecule is CCC1NC(c2ccc(C)s2)N(CC(C)C)C1=O. The van der Waals surface area contributed by atoms with Crippen LogP contribution in [-0.4, -0.2) is 23.4 Å². The second-order valence-corrected chi connectivity index (χ2v) is 6.68. The highest BCUT2D eigenvalue weighted by Crippen LogP contribution is 2.31. The van der Waals surface area contributed by atoms with Crippen molar-refractivity contribution in [3.8, 4) is 0 Å². The fourth-order valence-corrected chi connectivity index (χ4v) is 3.35. The number of hydrogen-bond donors (Lipinski definition) is 1. The van der Waals surface area contributed by atoms with Crippen molar-refractivity contribution in [3.63, 3.8) is 0 Å². The molecular weight excluding hydrogens is 244 g/mol. The predicted molar refractivity (Wildman–Crippen MR) is 75.6 cm³/mol. The van der Waals surface area contributed by atoms with Gasteiger partial charge in [0.15, 0.2) is 0 Å². The Hall–Kier alpha value is -0.870. The Morgan fingerprint density at radius 1 is 1.44 bits per heavy atom. The van der Waals surface area contributed by atoms with Crippen LogP contribution < -0.4 is 5.32 Å². The third-order valence-corrected chi connectivity index (χ3v) is 4.31. The first-order valence-corrected chi connectivity index (χ1v) is 7.47. The highest BCUT2D eigenvalue weighted by atomic mass is 32.1. The van der Waals surface area contributed by atoms with Gasteiger partial charge in [0.25, 0.3) is 0 Å². The zero-order chi connectivity index (χ0) is 13.3. The van der Waals surface area contributed by atoms with Crippen molar-refractivity contribution < 1.29 is 4.79 Å². The molecule has 1 fully saturated rings. The van der Waals surface area contributed by atoms with Crippen molar-refractivity contribution in [2.75, 3.05) is 6.54 Å². The molecule has 1 aromatic rings. The minimum Gasteiger partial charge on any atom is -0.320 e. The highest BCUT2D eigenvalue weighted by molar-refractivity contribution is 7.12. The standard InChI is InChI=1S/C14H22N2OS/c1-5-11-14(17)16(8-9(2)3)13(15-11)12-7-6-10(4)18-12/h6-7,9,11,13,15H,5,8H2,1-4H3. The molecule has 0 saturated carbocycles. The van der Waals surface area contributed by atoms with Crippen molar-refractivity contribution in [2.24, 2.45) is 5.92 Å². The van der Waals surface area contributed by atoms with Crippen molar-refractivity contribution in [1.82, 2.24) is 10.2 Å². The lowest BCUT2D eigenvalue weighted by Crippen LogP contribution is -2.33.